The Labute approximate surface area is 146 Å². The van der Waals surface area contributed by atoms with Crippen LogP contribution in [0, 0.1) is 12.7 Å². The fourth-order valence-electron chi connectivity index (χ4n) is 2.74. The molecular weight excluding hydrogens is 343 g/mol. The molecular formula is C18H19FN2O3S. The normalized spacial score (nSPS) is 16.0. The number of hydrogen-bond acceptors (Lipinski definition) is 3. The minimum atomic E-state index is -3.23. The molecule has 1 aliphatic rings. The lowest BCUT2D eigenvalue weighted by Crippen LogP contribution is -2.25. The SMILES string of the molecule is Cc1ccc(CNC(=O)c2ccc(N3CCCS3(=O)=O)cc2)cc1F. The Kier molecular flexibility index (Phi) is 4.76. The molecule has 0 unspecified atom stereocenters. The monoisotopic (exact) mass is 362 g/mol. The fourth-order valence-corrected chi connectivity index (χ4v) is 4.30. The Hall–Kier alpha value is -2.41. The predicted molar refractivity (Wildman–Crippen MR) is 94.5 cm³/mol. The van der Waals surface area contributed by atoms with Gasteiger partial charge in [-0.1, -0.05) is 12.1 Å². The highest BCUT2D eigenvalue weighted by atomic mass is 32.2. The van der Waals surface area contributed by atoms with Gasteiger partial charge in [-0.15, -0.1) is 0 Å². The summed E-state index contributed by atoms with van der Waals surface area (Å²) in [5.74, 6) is -0.442. The van der Waals surface area contributed by atoms with Crippen molar-refractivity contribution in [2.75, 3.05) is 16.6 Å². The van der Waals surface area contributed by atoms with Crippen molar-refractivity contribution in [2.45, 2.75) is 19.9 Å². The molecule has 25 heavy (non-hydrogen) atoms. The van der Waals surface area contributed by atoms with Gasteiger partial charge in [0, 0.05) is 18.7 Å². The van der Waals surface area contributed by atoms with Crippen LogP contribution >= 0.6 is 0 Å². The predicted octanol–water partition coefficient (Wildman–Crippen LogP) is 2.60. The first-order valence-electron chi connectivity index (χ1n) is 8.00. The van der Waals surface area contributed by atoms with Crippen molar-refractivity contribution in [3.63, 3.8) is 0 Å². The Bertz CT molecular complexity index is 895. The molecule has 0 saturated carbocycles. The van der Waals surface area contributed by atoms with Gasteiger partial charge in [0.1, 0.15) is 5.82 Å². The second-order valence-corrected chi connectivity index (χ2v) is 8.07. The molecule has 1 heterocycles. The molecule has 0 aromatic heterocycles. The summed E-state index contributed by atoms with van der Waals surface area (Å²) < 4.78 is 38.7. The minimum absolute atomic E-state index is 0.155. The lowest BCUT2D eigenvalue weighted by Gasteiger charge is -2.17. The molecule has 0 atom stereocenters. The van der Waals surface area contributed by atoms with Crippen molar-refractivity contribution in [1.29, 1.82) is 0 Å². The van der Waals surface area contributed by atoms with E-state index in [2.05, 4.69) is 5.32 Å². The molecule has 1 fully saturated rings. The molecule has 3 rings (SSSR count). The topological polar surface area (TPSA) is 66.5 Å². The van der Waals surface area contributed by atoms with E-state index in [4.69, 9.17) is 0 Å². The van der Waals surface area contributed by atoms with E-state index >= 15 is 0 Å². The van der Waals surface area contributed by atoms with Gasteiger partial charge < -0.3 is 5.32 Å². The third kappa shape index (κ3) is 3.82. The number of nitrogens with one attached hydrogen (secondary N) is 1. The largest absolute Gasteiger partial charge is 0.348 e. The van der Waals surface area contributed by atoms with Crippen LogP contribution in [-0.2, 0) is 16.6 Å². The minimum Gasteiger partial charge on any atom is -0.348 e. The van der Waals surface area contributed by atoms with E-state index in [1.165, 1.54) is 10.4 Å². The number of nitrogens with zero attached hydrogens (tertiary/aromatic N) is 1. The summed E-state index contributed by atoms with van der Waals surface area (Å²) in [5.41, 5.74) is 2.22. The highest BCUT2D eigenvalue weighted by Gasteiger charge is 2.28. The third-order valence-electron chi connectivity index (χ3n) is 4.21. The Morgan fingerprint density at radius 3 is 2.52 bits per heavy atom. The molecule has 132 valence electrons. The highest BCUT2D eigenvalue weighted by Crippen LogP contribution is 2.24. The van der Waals surface area contributed by atoms with Gasteiger partial charge in [0.25, 0.3) is 5.91 Å². The van der Waals surface area contributed by atoms with E-state index in [1.54, 1.807) is 43.3 Å². The number of sulfonamides is 1. The van der Waals surface area contributed by atoms with E-state index in [9.17, 15) is 17.6 Å². The lowest BCUT2D eigenvalue weighted by atomic mass is 10.1. The number of hydrogen-bond donors (Lipinski definition) is 1. The number of halogens is 1. The Morgan fingerprint density at radius 1 is 1.20 bits per heavy atom. The smallest absolute Gasteiger partial charge is 0.251 e. The summed E-state index contributed by atoms with van der Waals surface area (Å²) in [4.78, 5) is 12.2. The summed E-state index contributed by atoms with van der Waals surface area (Å²) in [5, 5.41) is 2.73. The molecule has 1 saturated heterocycles. The second kappa shape index (κ2) is 6.84. The van der Waals surface area contributed by atoms with Crippen LogP contribution in [0.4, 0.5) is 10.1 Å². The maximum atomic E-state index is 13.5. The summed E-state index contributed by atoms with van der Waals surface area (Å²) in [7, 11) is -3.23. The average molecular weight is 362 g/mol. The molecule has 0 radical (unpaired) electrons. The van der Waals surface area contributed by atoms with Crippen LogP contribution in [0.25, 0.3) is 0 Å². The average Bonchev–Trinajstić information content (AvgIpc) is 2.95. The van der Waals surface area contributed by atoms with Crippen molar-refractivity contribution in [3.05, 3.63) is 65.0 Å². The summed E-state index contributed by atoms with van der Waals surface area (Å²) in [6, 6.07) is 11.3. The number of benzene rings is 2. The van der Waals surface area contributed by atoms with Crippen molar-refractivity contribution >= 4 is 21.6 Å². The second-order valence-electron chi connectivity index (χ2n) is 6.05. The van der Waals surface area contributed by atoms with Crippen LogP contribution in [0.1, 0.15) is 27.9 Å². The van der Waals surface area contributed by atoms with Crippen molar-refractivity contribution in [1.82, 2.24) is 5.32 Å². The van der Waals surface area contributed by atoms with Crippen LogP contribution in [-0.4, -0.2) is 26.6 Å². The molecule has 1 N–H and O–H groups in total. The number of carbonyl (C=O) groups excluding carboxylic acids is 1. The zero-order chi connectivity index (χ0) is 18.0. The summed E-state index contributed by atoms with van der Waals surface area (Å²) in [6.45, 7) is 2.37. The van der Waals surface area contributed by atoms with E-state index in [0.717, 1.165) is 0 Å². The standard InChI is InChI=1S/C18H19FN2O3S/c1-13-3-4-14(11-17(13)19)12-20-18(22)15-5-7-16(8-6-15)21-9-2-10-25(21,23)24/h3-8,11H,2,9-10,12H2,1H3,(H,20,22). The number of aryl methyl sites for hydroxylation is 1. The fraction of sp³-hybridized carbons (Fsp3) is 0.278. The van der Waals surface area contributed by atoms with E-state index < -0.39 is 10.0 Å². The summed E-state index contributed by atoms with van der Waals surface area (Å²) >= 11 is 0. The van der Waals surface area contributed by atoms with Gasteiger partial charge in [-0.25, -0.2) is 12.8 Å². The molecule has 1 amide bonds. The van der Waals surface area contributed by atoms with Crippen molar-refractivity contribution < 1.29 is 17.6 Å². The number of carbonyl (C=O) groups is 1. The lowest BCUT2D eigenvalue weighted by molar-refractivity contribution is 0.0951. The van der Waals surface area contributed by atoms with Gasteiger partial charge in [-0.05, 0) is 54.8 Å². The first-order valence-corrected chi connectivity index (χ1v) is 9.61. The van der Waals surface area contributed by atoms with Crippen molar-refractivity contribution in [2.24, 2.45) is 0 Å². The first kappa shape index (κ1) is 17.4. The number of anilines is 1. The molecule has 0 spiro atoms. The van der Waals surface area contributed by atoms with Gasteiger partial charge in [0.2, 0.25) is 10.0 Å². The van der Waals surface area contributed by atoms with Crippen molar-refractivity contribution in [3.8, 4) is 0 Å². The van der Waals surface area contributed by atoms with Crippen LogP contribution in [0.3, 0.4) is 0 Å². The van der Waals surface area contributed by atoms with Gasteiger partial charge >= 0.3 is 0 Å². The van der Waals surface area contributed by atoms with Crippen LogP contribution in [0.5, 0.6) is 0 Å². The van der Waals surface area contributed by atoms with Crippen LogP contribution in [0.2, 0.25) is 0 Å². The molecule has 7 heteroatoms. The molecule has 0 bridgehead atoms. The van der Waals surface area contributed by atoms with Gasteiger partial charge in [-0.2, -0.15) is 0 Å². The molecule has 5 nitrogen and oxygen atoms in total. The molecule has 2 aromatic carbocycles. The molecule has 1 aliphatic heterocycles. The van der Waals surface area contributed by atoms with Crippen LogP contribution < -0.4 is 9.62 Å². The maximum absolute atomic E-state index is 13.5. The van der Waals surface area contributed by atoms with E-state index in [1.807, 2.05) is 0 Å². The zero-order valence-corrected chi connectivity index (χ0v) is 14.6. The van der Waals surface area contributed by atoms with Gasteiger partial charge in [0.15, 0.2) is 0 Å². The molecule has 0 aliphatic carbocycles. The van der Waals surface area contributed by atoms with E-state index in [0.29, 0.717) is 35.3 Å². The number of amides is 1. The third-order valence-corrected chi connectivity index (χ3v) is 6.08. The van der Waals surface area contributed by atoms with Gasteiger partial charge in [-0.3, -0.25) is 9.10 Å². The Balaban J connectivity index is 1.65. The van der Waals surface area contributed by atoms with E-state index in [-0.39, 0.29) is 24.0 Å². The zero-order valence-electron chi connectivity index (χ0n) is 13.8. The quantitative estimate of drug-likeness (QED) is 0.909. The van der Waals surface area contributed by atoms with Crippen LogP contribution in [0.15, 0.2) is 42.5 Å². The number of rotatable bonds is 4. The summed E-state index contributed by atoms with van der Waals surface area (Å²) in [6.07, 6.45) is 0.609. The highest BCUT2D eigenvalue weighted by molar-refractivity contribution is 7.93. The van der Waals surface area contributed by atoms with Gasteiger partial charge in [0.05, 0.1) is 11.4 Å². The molecule has 2 aromatic rings. The first-order chi connectivity index (χ1) is 11.9. The maximum Gasteiger partial charge on any atom is 0.251 e. The Morgan fingerprint density at radius 2 is 1.92 bits per heavy atom.